The molecule has 1 aromatic carbocycles. The zero-order valence-electron chi connectivity index (χ0n) is 10.2. The Labute approximate surface area is 114 Å². The van der Waals surface area contributed by atoms with Crippen molar-refractivity contribution in [1.82, 2.24) is 5.16 Å². The van der Waals surface area contributed by atoms with E-state index in [4.69, 9.17) is 26.3 Å². The van der Waals surface area contributed by atoms with E-state index in [1.165, 1.54) is 6.26 Å². The minimum absolute atomic E-state index is 0.255. The third kappa shape index (κ3) is 2.00. The molecule has 0 radical (unpaired) electrons. The summed E-state index contributed by atoms with van der Waals surface area (Å²) in [6.07, 6.45) is 1.50. The van der Waals surface area contributed by atoms with E-state index in [2.05, 4.69) is 5.16 Å². The van der Waals surface area contributed by atoms with Gasteiger partial charge >= 0.3 is 0 Å². The van der Waals surface area contributed by atoms with E-state index in [1.807, 2.05) is 31.2 Å². The van der Waals surface area contributed by atoms with Gasteiger partial charge < -0.3 is 14.7 Å². The molecule has 5 heteroatoms. The van der Waals surface area contributed by atoms with Crippen LogP contribution in [0.15, 0.2) is 45.5 Å². The zero-order valence-corrected chi connectivity index (χ0v) is 10.9. The lowest BCUT2D eigenvalue weighted by atomic mass is 10.0. The minimum Gasteiger partial charge on any atom is -0.452 e. The molecular formula is C14H11ClN2O2. The Hall–Kier alpha value is -2.20. The molecule has 19 heavy (non-hydrogen) atoms. The monoisotopic (exact) mass is 274 g/mol. The molecule has 0 aliphatic heterocycles. The molecule has 0 unspecified atom stereocenters. The maximum atomic E-state index is 5.98. The number of nitrogens with two attached hydrogens (primary N) is 1. The molecule has 0 saturated carbocycles. The number of halogens is 1. The van der Waals surface area contributed by atoms with E-state index in [0.29, 0.717) is 17.1 Å². The van der Waals surface area contributed by atoms with Gasteiger partial charge in [0.1, 0.15) is 0 Å². The first-order chi connectivity index (χ1) is 9.16. The van der Waals surface area contributed by atoms with Crippen molar-refractivity contribution in [3.8, 4) is 22.5 Å². The van der Waals surface area contributed by atoms with Crippen LogP contribution in [-0.2, 0) is 0 Å². The highest BCUT2D eigenvalue weighted by molar-refractivity contribution is 6.31. The van der Waals surface area contributed by atoms with E-state index < -0.39 is 0 Å². The normalized spacial score (nSPS) is 10.8. The molecule has 2 N–H and O–H groups in total. The van der Waals surface area contributed by atoms with Gasteiger partial charge in [-0.15, -0.1) is 0 Å². The van der Waals surface area contributed by atoms with Crippen molar-refractivity contribution in [2.45, 2.75) is 6.92 Å². The lowest BCUT2D eigenvalue weighted by molar-refractivity contribution is 0.435. The van der Waals surface area contributed by atoms with Crippen LogP contribution >= 0.6 is 11.6 Å². The first-order valence-electron chi connectivity index (χ1n) is 5.72. The molecule has 2 aromatic heterocycles. The number of hydrogen-bond acceptors (Lipinski definition) is 4. The van der Waals surface area contributed by atoms with Crippen LogP contribution in [0, 0.1) is 6.92 Å². The first-order valence-corrected chi connectivity index (χ1v) is 6.10. The second-order valence-corrected chi connectivity index (χ2v) is 4.59. The second-order valence-electron chi connectivity index (χ2n) is 4.25. The third-order valence-electron chi connectivity index (χ3n) is 2.89. The van der Waals surface area contributed by atoms with Crippen LogP contribution in [0.2, 0.25) is 5.22 Å². The summed E-state index contributed by atoms with van der Waals surface area (Å²) in [5.74, 6) is 0.847. The van der Waals surface area contributed by atoms with Crippen molar-refractivity contribution in [2.24, 2.45) is 0 Å². The molecular weight excluding hydrogens is 264 g/mol. The predicted molar refractivity (Wildman–Crippen MR) is 73.8 cm³/mol. The van der Waals surface area contributed by atoms with Gasteiger partial charge in [-0.1, -0.05) is 35.0 Å². The molecule has 0 saturated heterocycles. The van der Waals surface area contributed by atoms with E-state index >= 15 is 0 Å². The first kappa shape index (κ1) is 11.9. The highest BCUT2D eigenvalue weighted by Crippen LogP contribution is 2.39. The van der Waals surface area contributed by atoms with Gasteiger partial charge in [0.25, 0.3) is 0 Å². The average molecular weight is 275 g/mol. The number of nitrogen functional groups attached to an aromatic ring is 1. The Morgan fingerprint density at radius 3 is 2.79 bits per heavy atom. The number of rotatable bonds is 2. The van der Waals surface area contributed by atoms with Crippen molar-refractivity contribution in [3.63, 3.8) is 0 Å². The Morgan fingerprint density at radius 1 is 1.26 bits per heavy atom. The molecule has 96 valence electrons. The van der Waals surface area contributed by atoms with Gasteiger partial charge in [-0.25, -0.2) is 0 Å². The lowest BCUT2D eigenvalue weighted by Gasteiger charge is -2.02. The van der Waals surface area contributed by atoms with Crippen LogP contribution in [0.5, 0.6) is 0 Å². The van der Waals surface area contributed by atoms with E-state index in [0.717, 1.165) is 16.7 Å². The van der Waals surface area contributed by atoms with Gasteiger partial charge in [0.2, 0.25) is 5.22 Å². The number of furan rings is 1. The topological polar surface area (TPSA) is 65.2 Å². The summed E-state index contributed by atoms with van der Waals surface area (Å²) < 4.78 is 10.4. The van der Waals surface area contributed by atoms with Gasteiger partial charge in [-0.05, 0) is 30.2 Å². The smallest absolute Gasteiger partial charge is 0.204 e. The summed E-state index contributed by atoms with van der Waals surface area (Å²) in [5.41, 5.74) is 9.33. The number of benzene rings is 1. The lowest BCUT2D eigenvalue weighted by Crippen LogP contribution is -1.89. The molecule has 2 heterocycles. The molecule has 3 aromatic rings. The second kappa shape index (κ2) is 4.48. The van der Waals surface area contributed by atoms with E-state index in [1.54, 1.807) is 6.07 Å². The molecule has 0 spiro atoms. The number of anilines is 1. The molecule has 0 fully saturated rings. The van der Waals surface area contributed by atoms with Crippen molar-refractivity contribution in [3.05, 3.63) is 47.4 Å². The number of aromatic nitrogens is 1. The van der Waals surface area contributed by atoms with Crippen LogP contribution in [0.4, 0.5) is 5.82 Å². The summed E-state index contributed by atoms with van der Waals surface area (Å²) in [7, 11) is 0. The Balaban J connectivity index is 2.22. The Kier molecular flexibility index (Phi) is 2.80. The summed E-state index contributed by atoms with van der Waals surface area (Å²) in [4.78, 5) is 0. The largest absolute Gasteiger partial charge is 0.452 e. The van der Waals surface area contributed by atoms with Crippen LogP contribution in [0.3, 0.4) is 0 Å². The standard InChI is InChI=1S/C14H11ClN2O2/c1-8-3-2-4-9(7-8)11-12(19-17-14(11)16)10-5-6-18-13(10)15/h2-7H,1H3,(H2,16,17). The van der Waals surface area contributed by atoms with Crippen LogP contribution in [0.1, 0.15) is 5.56 Å². The summed E-state index contributed by atoms with van der Waals surface area (Å²) in [5, 5.41) is 4.08. The molecule has 0 bridgehead atoms. The minimum atomic E-state index is 0.255. The van der Waals surface area contributed by atoms with Gasteiger partial charge in [-0.2, -0.15) is 0 Å². The van der Waals surface area contributed by atoms with Crippen molar-refractivity contribution in [1.29, 1.82) is 0 Å². The van der Waals surface area contributed by atoms with Crippen LogP contribution in [0.25, 0.3) is 22.5 Å². The SMILES string of the molecule is Cc1cccc(-c2c(N)noc2-c2ccoc2Cl)c1. The fourth-order valence-corrected chi connectivity index (χ4v) is 2.22. The number of hydrogen-bond donors (Lipinski definition) is 1. The quantitative estimate of drug-likeness (QED) is 0.762. The van der Waals surface area contributed by atoms with E-state index in [9.17, 15) is 0 Å². The predicted octanol–water partition coefficient (Wildman–Crippen LogP) is 4.15. The fourth-order valence-electron chi connectivity index (χ4n) is 2.02. The number of aryl methyl sites for hydroxylation is 1. The molecule has 0 aliphatic carbocycles. The van der Waals surface area contributed by atoms with Gasteiger partial charge in [-0.3, -0.25) is 0 Å². The van der Waals surface area contributed by atoms with Gasteiger partial charge in [0.05, 0.1) is 17.4 Å². The molecule has 0 aliphatic rings. The molecule has 0 amide bonds. The average Bonchev–Trinajstić information content (AvgIpc) is 2.95. The van der Waals surface area contributed by atoms with Crippen LogP contribution < -0.4 is 5.73 Å². The summed E-state index contributed by atoms with van der Waals surface area (Å²) in [6.45, 7) is 2.01. The van der Waals surface area contributed by atoms with Crippen molar-refractivity contribution < 1.29 is 8.94 Å². The molecule has 3 rings (SSSR count). The maximum absolute atomic E-state index is 5.98. The summed E-state index contributed by atoms with van der Waals surface area (Å²) >= 11 is 5.98. The van der Waals surface area contributed by atoms with Gasteiger partial charge in [0.15, 0.2) is 11.6 Å². The van der Waals surface area contributed by atoms with E-state index in [-0.39, 0.29) is 5.22 Å². The summed E-state index contributed by atoms with van der Waals surface area (Å²) in [6, 6.07) is 9.66. The maximum Gasteiger partial charge on any atom is 0.204 e. The van der Waals surface area contributed by atoms with Crippen molar-refractivity contribution >= 4 is 17.4 Å². The van der Waals surface area contributed by atoms with Crippen molar-refractivity contribution in [2.75, 3.05) is 5.73 Å². The zero-order chi connectivity index (χ0) is 13.4. The van der Waals surface area contributed by atoms with Crippen LogP contribution in [-0.4, -0.2) is 5.16 Å². The molecule has 4 nitrogen and oxygen atoms in total. The molecule has 0 atom stereocenters. The third-order valence-corrected chi connectivity index (χ3v) is 3.18. The highest BCUT2D eigenvalue weighted by atomic mass is 35.5. The Morgan fingerprint density at radius 2 is 2.11 bits per heavy atom. The number of nitrogens with zero attached hydrogens (tertiary/aromatic N) is 1. The fraction of sp³-hybridized carbons (Fsp3) is 0.0714. The van der Waals surface area contributed by atoms with Gasteiger partial charge in [0, 0.05) is 0 Å². The Bertz CT molecular complexity index is 731. The highest BCUT2D eigenvalue weighted by Gasteiger charge is 2.21.